The zero-order chi connectivity index (χ0) is 20.5. The summed E-state index contributed by atoms with van der Waals surface area (Å²) < 4.78 is 1.67. The van der Waals surface area contributed by atoms with E-state index in [0.717, 1.165) is 14.5 Å². The Hall–Kier alpha value is -2.70. The van der Waals surface area contributed by atoms with E-state index in [-0.39, 0.29) is 11.3 Å². The fourth-order valence-electron chi connectivity index (χ4n) is 3.44. The molecule has 6 heteroatoms. The van der Waals surface area contributed by atoms with Crippen molar-refractivity contribution >= 4 is 55.0 Å². The number of carbonyl (C=O) groups is 2. The summed E-state index contributed by atoms with van der Waals surface area (Å²) in [5.74, 6) is -1.57. The van der Waals surface area contributed by atoms with Crippen LogP contribution in [-0.2, 0) is 9.59 Å². The number of halogens is 2. The molecule has 1 unspecified atom stereocenters. The van der Waals surface area contributed by atoms with E-state index in [0.29, 0.717) is 11.3 Å². The predicted molar refractivity (Wildman–Crippen MR) is 120 cm³/mol. The van der Waals surface area contributed by atoms with Gasteiger partial charge in [-0.25, -0.2) is 0 Å². The first-order valence-corrected chi connectivity index (χ1v) is 10.4. The number of hydrogen-bond donors (Lipinski definition) is 1. The summed E-state index contributed by atoms with van der Waals surface area (Å²) in [5, 5.41) is 11.0. The third-order valence-electron chi connectivity index (χ3n) is 4.76. The molecule has 1 N–H and O–H groups in total. The third-order valence-corrected chi connectivity index (χ3v) is 5.79. The van der Waals surface area contributed by atoms with Gasteiger partial charge in [0.15, 0.2) is 0 Å². The summed E-state index contributed by atoms with van der Waals surface area (Å²) in [6.45, 7) is 0. The van der Waals surface area contributed by atoms with E-state index >= 15 is 0 Å². The van der Waals surface area contributed by atoms with Gasteiger partial charge in [0.25, 0.3) is 11.7 Å². The van der Waals surface area contributed by atoms with Gasteiger partial charge in [-0.05, 0) is 35.9 Å². The van der Waals surface area contributed by atoms with Crippen LogP contribution in [0, 0.1) is 0 Å². The van der Waals surface area contributed by atoms with Crippen LogP contribution in [-0.4, -0.2) is 16.8 Å². The van der Waals surface area contributed by atoms with Crippen LogP contribution in [0.4, 0.5) is 5.69 Å². The van der Waals surface area contributed by atoms with E-state index in [9.17, 15) is 14.7 Å². The van der Waals surface area contributed by atoms with E-state index in [2.05, 4.69) is 31.9 Å². The van der Waals surface area contributed by atoms with Crippen molar-refractivity contribution in [3.63, 3.8) is 0 Å². The number of ketones is 1. The lowest BCUT2D eigenvalue weighted by molar-refractivity contribution is -0.132. The van der Waals surface area contributed by atoms with Gasteiger partial charge in [0.1, 0.15) is 5.76 Å². The Morgan fingerprint density at radius 1 is 0.828 bits per heavy atom. The molecule has 144 valence electrons. The minimum atomic E-state index is -0.738. The normalized spacial score (nSPS) is 18.3. The van der Waals surface area contributed by atoms with Crippen LogP contribution < -0.4 is 4.90 Å². The minimum Gasteiger partial charge on any atom is -0.507 e. The highest BCUT2D eigenvalue weighted by atomic mass is 79.9. The van der Waals surface area contributed by atoms with Gasteiger partial charge in [0.05, 0.1) is 11.6 Å². The van der Waals surface area contributed by atoms with Crippen molar-refractivity contribution < 1.29 is 14.7 Å². The Morgan fingerprint density at radius 3 is 2.17 bits per heavy atom. The molecule has 1 aliphatic rings. The molecule has 1 amide bonds. The second kappa shape index (κ2) is 7.97. The molecule has 0 aliphatic carbocycles. The average Bonchev–Trinajstić information content (AvgIpc) is 2.99. The van der Waals surface area contributed by atoms with Gasteiger partial charge in [-0.15, -0.1) is 0 Å². The molecule has 1 fully saturated rings. The summed E-state index contributed by atoms with van der Waals surface area (Å²) in [5.41, 5.74) is 1.86. The zero-order valence-corrected chi connectivity index (χ0v) is 18.2. The number of aliphatic hydroxyl groups excluding tert-OH is 1. The molecule has 3 aromatic carbocycles. The molecular weight excluding hydrogens is 498 g/mol. The Morgan fingerprint density at radius 2 is 1.52 bits per heavy atom. The molecule has 4 nitrogen and oxygen atoms in total. The highest BCUT2D eigenvalue weighted by Gasteiger charge is 2.46. The molecule has 4 rings (SSSR count). The third kappa shape index (κ3) is 3.66. The van der Waals surface area contributed by atoms with Crippen molar-refractivity contribution in [3.05, 3.63) is 105 Å². The maximum atomic E-state index is 13.0. The predicted octanol–water partition coefficient (Wildman–Crippen LogP) is 5.84. The van der Waals surface area contributed by atoms with Gasteiger partial charge in [-0.1, -0.05) is 80.4 Å². The number of benzene rings is 3. The van der Waals surface area contributed by atoms with Gasteiger partial charge in [0.2, 0.25) is 0 Å². The Kier molecular flexibility index (Phi) is 5.39. The largest absolute Gasteiger partial charge is 0.507 e. The number of Topliss-reactive ketones (excluding diaryl/α,β-unsaturated/α-hetero) is 1. The van der Waals surface area contributed by atoms with Crippen LogP contribution in [0.15, 0.2) is 93.4 Å². The first-order valence-electron chi connectivity index (χ1n) is 8.85. The van der Waals surface area contributed by atoms with Crippen LogP contribution in [0.5, 0.6) is 0 Å². The molecule has 0 bridgehead atoms. The zero-order valence-electron chi connectivity index (χ0n) is 15.0. The summed E-state index contributed by atoms with van der Waals surface area (Å²) in [7, 11) is 0. The lowest BCUT2D eigenvalue weighted by Gasteiger charge is -2.25. The first kappa shape index (κ1) is 19.6. The molecule has 0 saturated carbocycles. The van der Waals surface area contributed by atoms with Crippen molar-refractivity contribution in [2.24, 2.45) is 0 Å². The number of hydrogen-bond acceptors (Lipinski definition) is 3. The number of nitrogens with zero attached hydrogens (tertiary/aromatic N) is 1. The number of aliphatic hydroxyl groups is 1. The van der Waals surface area contributed by atoms with Crippen molar-refractivity contribution in [1.29, 1.82) is 0 Å². The first-order chi connectivity index (χ1) is 14.0. The lowest BCUT2D eigenvalue weighted by Crippen LogP contribution is -2.29. The minimum absolute atomic E-state index is 0.0727. The molecule has 1 aliphatic heterocycles. The van der Waals surface area contributed by atoms with E-state index in [1.807, 2.05) is 36.4 Å². The quantitative estimate of drug-likeness (QED) is 0.272. The average molecular weight is 513 g/mol. The molecule has 0 aromatic heterocycles. The molecule has 3 aromatic rings. The van der Waals surface area contributed by atoms with Crippen LogP contribution in [0.3, 0.4) is 0 Å². The molecule has 0 radical (unpaired) electrons. The van der Waals surface area contributed by atoms with Gasteiger partial charge in [-0.2, -0.15) is 0 Å². The van der Waals surface area contributed by atoms with Crippen molar-refractivity contribution in [2.45, 2.75) is 6.04 Å². The lowest BCUT2D eigenvalue weighted by atomic mass is 9.95. The summed E-state index contributed by atoms with van der Waals surface area (Å²) in [6, 6.07) is 22.6. The number of anilines is 1. The van der Waals surface area contributed by atoms with Gasteiger partial charge < -0.3 is 5.11 Å². The van der Waals surface area contributed by atoms with Crippen LogP contribution in [0.2, 0.25) is 0 Å². The van der Waals surface area contributed by atoms with Crippen LogP contribution >= 0.6 is 31.9 Å². The van der Waals surface area contributed by atoms with Crippen LogP contribution in [0.1, 0.15) is 17.2 Å². The maximum absolute atomic E-state index is 13.0. The molecule has 0 spiro atoms. The number of rotatable bonds is 3. The van der Waals surface area contributed by atoms with E-state index < -0.39 is 17.7 Å². The van der Waals surface area contributed by atoms with E-state index in [1.54, 1.807) is 42.5 Å². The Labute approximate surface area is 184 Å². The van der Waals surface area contributed by atoms with Crippen molar-refractivity contribution in [3.8, 4) is 0 Å². The monoisotopic (exact) mass is 511 g/mol. The maximum Gasteiger partial charge on any atom is 0.300 e. The van der Waals surface area contributed by atoms with E-state index in [4.69, 9.17) is 0 Å². The summed E-state index contributed by atoms with van der Waals surface area (Å²) in [6.07, 6.45) is 0. The molecule has 1 heterocycles. The second-order valence-corrected chi connectivity index (χ2v) is 8.40. The van der Waals surface area contributed by atoms with Crippen LogP contribution in [0.25, 0.3) is 5.76 Å². The summed E-state index contributed by atoms with van der Waals surface area (Å²) >= 11 is 6.83. The van der Waals surface area contributed by atoms with Gasteiger partial charge >= 0.3 is 0 Å². The fraction of sp³-hybridized carbons (Fsp3) is 0.0435. The van der Waals surface area contributed by atoms with Crippen molar-refractivity contribution in [1.82, 2.24) is 0 Å². The molecule has 1 saturated heterocycles. The Bertz CT molecular complexity index is 1120. The highest BCUT2D eigenvalue weighted by molar-refractivity contribution is 9.10. The second-order valence-electron chi connectivity index (χ2n) is 6.57. The molecule has 29 heavy (non-hydrogen) atoms. The molecule has 1 atom stereocenters. The van der Waals surface area contributed by atoms with Gasteiger partial charge in [-0.3, -0.25) is 14.5 Å². The molecular formula is C23H15Br2NO3. The highest BCUT2D eigenvalue weighted by Crippen LogP contribution is 2.42. The summed E-state index contributed by atoms with van der Waals surface area (Å²) in [4.78, 5) is 27.5. The van der Waals surface area contributed by atoms with Crippen molar-refractivity contribution in [2.75, 3.05) is 4.90 Å². The fourth-order valence-corrected chi connectivity index (χ4v) is 4.09. The van der Waals surface area contributed by atoms with Gasteiger partial charge in [0, 0.05) is 20.2 Å². The smallest absolute Gasteiger partial charge is 0.300 e. The topological polar surface area (TPSA) is 57.6 Å². The Balaban J connectivity index is 1.96. The SMILES string of the molecule is O=C1C(=O)N(c2cccc(Br)c2)C(c2ccc(Br)cc2)/C1=C(/O)c1ccccc1. The van der Waals surface area contributed by atoms with E-state index in [1.165, 1.54) is 4.90 Å². The standard InChI is InChI=1S/C23H15Br2NO3/c24-16-11-9-14(10-12-16)20-19(21(27)15-5-2-1-3-6-15)22(28)23(29)26(20)18-8-4-7-17(25)13-18/h1-13,20,27H/b21-19-. The number of carbonyl (C=O) groups excluding carboxylic acids is 2. The number of amides is 1.